The maximum atomic E-state index is 10.6. The minimum Gasteiger partial charge on any atom is -0.479 e. The number of carboxylic acids is 1. The molecule has 4 heteroatoms. The van der Waals surface area contributed by atoms with Crippen molar-refractivity contribution in [1.82, 2.24) is 5.32 Å². The molecule has 12 heavy (non-hydrogen) atoms. The van der Waals surface area contributed by atoms with Crippen molar-refractivity contribution in [3.8, 4) is 0 Å². The van der Waals surface area contributed by atoms with Crippen molar-refractivity contribution in [1.29, 1.82) is 0 Å². The molecule has 0 spiro atoms. The Balaban J connectivity index is 2.46. The van der Waals surface area contributed by atoms with Crippen LogP contribution in [0.1, 0.15) is 20.3 Å². The first-order chi connectivity index (χ1) is 5.61. The van der Waals surface area contributed by atoms with E-state index in [0.29, 0.717) is 12.6 Å². The summed E-state index contributed by atoms with van der Waals surface area (Å²) in [5, 5.41) is 11.7. The van der Waals surface area contributed by atoms with Gasteiger partial charge in [-0.2, -0.15) is 0 Å². The van der Waals surface area contributed by atoms with Crippen molar-refractivity contribution in [3.63, 3.8) is 0 Å². The summed E-state index contributed by atoms with van der Waals surface area (Å²) in [5.41, 5.74) is 0. The van der Waals surface area contributed by atoms with Crippen LogP contribution >= 0.6 is 0 Å². The molecule has 1 aliphatic rings. The van der Waals surface area contributed by atoms with Crippen LogP contribution in [0.4, 0.5) is 0 Å². The van der Waals surface area contributed by atoms with E-state index >= 15 is 0 Å². The summed E-state index contributed by atoms with van der Waals surface area (Å²) in [6, 6.07) is -0.0255. The second-order valence-electron chi connectivity index (χ2n) is 3.51. The van der Waals surface area contributed by atoms with Gasteiger partial charge >= 0.3 is 5.97 Å². The summed E-state index contributed by atoms with van der Waals surface area (Å²) in [7, 11) is 0. The van der Waals surface area contributed by atoms with E-state index in [-0.39, 0.29) is 6.04 Å². The molecule has 70 valence electrons. The molecule has 1 rings (SSSR count). The third kappa shape index (κ3) is 2.19. The highest BCUT2D eigenvalue weighted by Crippen LogP contribution is 2.15. The molecule has 0 aromatic carbocycles. The molecule has 0 aromatic heterocycles. The van der Waals surface area contributed by atoms with E-state index in [1.807, 2.05) is 0 Å². The Morgan fingerprint density at radius 1 is 1.75 bits per heavy atom. The van der Waals surface area contributed by atoms with E-state index in [2.05, 4.69) is 19.2 Å². The zero-order valence-electron chi connectivity index (χ0n) is 7.41. The van der Waals surface area contributed by atoms with Crippen LogP contribution in [0.5, 0.6) is 0 Å². The van der Waals surface area contributed by atoms with Gasteiger partial charge in [-0.15, -0.1) is 0 Å². The van der Waals surface area contributed by atoms with Crippen LogP contribution in [0.2, 0.25) is 0 Å². The number of ether oxygens (including phenoxy) is 1. The van der Waals surface area contributed by atoms with Gasteiger partial charge in [-0.05, 0) is 12.3 Å². The number of aliphatic carboxylic acids is 1. The molecule has 0 bridgehead atoms. The average Bonchev–Trinajstić information content (AvgIpc) is 2.33. The molecular formula is C8H15NO3. The van der Waals surface area contributed by atoms with Gasteiger partial charge in [0, 0.05) is 6.04 Å². The Morgan fingerprint density at radius 2 is 2.42 bits per heavy atom. The van der Waals surface area contributed by atoms with Crippen molar-refractivity contribution >= 4 is 5.97 Å². The summed E-state index contributed by atoms with van der Waals surface area (Å²) in [5.74, 6) is -0.378. The molecule has 2 unspecified atom stereocenters. The van der Waals surface area contributed by atoms with Crippen molar-refractivity contribution in [2.75, 3.05) is 6.73 Å². The quantitative estimate of drug-likeness (QED) is 0.650. The van der Waals surface area contributed by atoms with Gasteiger partial charge < -0.3 is 9.84 Å². The van der Waals surface area contributed by atoms with Gasteiger partial charge in [-0.1, -0.05) is 13.8 Å². The average molecular weight is 173 g/mol. The zero-order chi connectivity index (χ0) is 9.14. The highest BCUT2D eigenvalue weighted by Gasteiger charge is 2.33. The Hall–Kier alpha value is -0.610. The van der Waals surface area contributed by atoms with Gasteiger partial charge in [-0.25, -0.2) is 4.79 Å². The molecule has 1 aliphatic heterocycles. The Labute approximate surface area is 71.9 Å². The molecule has 2 N–H and O–H groups in total. The molecule has 2 atom stereocenters. The monoisotopic (exact) mass is 173 g/mol. The van der Waals surface area contributed by atoms with Crippen LogP contribution in [0.25, 0.3) is 0 Å². The van der Waals surface area contributed by atoms with Gasteiger partial charge in [0.2, 0.25) is 0 Å². The lowest BCUT2D eigenvalue weighted by atomic mass is 10.0. The minimum absolute atomic E-state index is 0.0255. The summed E-state index contributed by atoms with van der Waals surface area (Å²) < 4.78 is 5.02. The molecule has 0 saturated carbocycles. The van der Waals surface area contributed by atoms with E-state index in [1.165, 1.54) is 0 Å². The fourth-order valence-corrected chi connectivity index (χ4v) is 1.43. The van der Waals surface area contributed by atoms with Crippen molar-refractivity contribution in [3.05, 3.63) is 0 Å². The number of carboxylic acid groups (broad SMARTS) is 1. The molecule has 1 fully saturated rings. The third-order valence-corrected chi connectivity index (χ3v) is 1.94. The fraction of sp³-hybridized carbons (Fsp3) is 0.875. The molecular weight excluding hydrogens is 158 g/mol. The van der Waals surface area contributed by atoms with Crippen LogP contribution in [-0.2, 0) is 9.53 Å². The number of hydrogen-bond acceptors (Lipinski definition) is 3. The first kappa shape index (κ1) is 9.48. The van der Waals surface area contributed by atoms with E-state index in [9.17, 15) is 4.79 Å². The van der Waals surface area contributed by atoms with Gasteiger partial charge in [0.1, 0.15) is 0 Å². The zero-order valence-corrected chi connectivity index (χ0v) is 7.41. The van der Waals surface area contributed by atoms with Gasteiger partial charge in [0.05, 0.1) is 6.73 Å². The van der Waals surface area contributed by atoms with Crippen molar-refractivity contribution in [2.45, 2.75) is 32.4 Å². The lowest BCUT2D eigenvalue weighted by Gasteiger charge is -2.15. The minimum atomic E-state index is -0.870. The summed E-state index contributed by atoms with van der Waals surface area (Å²) in [4.78, 5) is 10.6. The largest absolute Gasteiger partial charge is 0.479 e. The Morgan fingerprint density at radius 3 is 2.92 bits per heavy atom. The van der Waals surface area contributed by atoms with Crippen LogP contribution in [0.15, 0.2) is 0 Å². The maximum Gasteiger partial charge on any atom is 0.334 e. The number of rotatable bonds is 3. The lowest BCUT2D eigenvalue weighted by molar-refractivity contribution is -0.148. The summed E-state index contributed by atoms with van der Waals surface area (Å²) in [6.45, 7) is 4.49. The Kier molecular flexibility index (Phi) is 3.05. The second-order valence-corrected chi connectivity index (χ2v) is 3.51. The topological polar surface area (TPSA) is 58.6 Å². The first-order valence-electron chi connectivity index (χ1n) is 4.19. The molecule has 0 aliphatic carbocycles. The van der Waals surface area contributed by atoms with Gasteiger partial charge in [-0.3, -0.25) is 5.32 Å². The van der Waals surface area contributed by atoms with Gasteiger partial charge in [0.15, 0.2) is 6.10 Å². The predicted molar refractivity (Wildman–Crippen MR) is 43.8 cm³/mol. The SMILES string of the molecule is CC(C)CC1NCOC1C(=O)O. The number of hydrogen-bond donors (Lipinski definition) is 2. The highest BCUT2D eigenvalue weighted by atomic mass is 16.5. The van der Waals surface area contributed by atoms with Crippen LogP contribution in [0, 0.1) is 5.92 Å². The predicted octanol–water partition coefficient (Wildman–Crippen LogP) is 0.432. The van der Waals surface area contributed by atoms with E-state index in [1.54, 1.807) is 0 Å². The fourth-order valence-electron chi connectivity index (χ4n) is 1.43. The molecule has 1 heterocycles. The van der Waals surface area contributed by atoms with Crippen molar-refractivity contribution < 1.29 is 14.6 Å². The van der Waals surface area contributed by atoms with E-state index in [4.69, 9.17) is 9.84 Å². The third-order valence-electron chi connectivity index (χ3n) is 1.94. The van der Waals surface area contributed by atoms with Crippen LogP contribution in [-0.4, -0.2) is 30.0 Å². The highest BCUT2D eigenvalue weighted by molar-refractivity contribution is 5.73. The van der Waals surface area contributed by atoms with E-state index in [0.717, 1.165) is 6.42 Å². The maximum absolute atomic E-state index is 10.6. The molecule has 0 aromatic rings. The molecule has 0 amide bonds. The van der Waals surface area contributed by atoms with Gasteiger partial charge in [0.25, 0.3) is 0 Å². The normalized spacial score (nSPS) is 29.6. The first-order valence-corrected chi connectivity index (χ1v) is 4.19. The molecule has 1 saturated heterocycles. The second kappa shape index (κ2) is 3.87. The van der Waals surface area contributed by atoms with Crippen LogP contribution < -0.4 is 5.32 Å². The Bertz CT molecular complexity index is 170. The lowest BCUT2D eigenvalue weighted by Crippen LogP contribution is -2.37. The summed E-state index contributed by atoms with van der Waals surface area (Å²) in [6.07, 6.45) is 0.184. The standard InChI is InChI=1S/C8H15NO3/c1-5(2)3-6-7(8(10)11)12-4-9-6/h5-7,9H,3-4H2,1-2H3,(H,10,11). The number of carbonyl (C=O) groups is 1. The van der Waals surface area contributed by atoms with Crippen molar-refractivity contribution in [2.24, 2.45) is 5.92 Å². The number of nitrogens with one attached hydrogen (secondary N) is 1. The van der Waals surface area contributed by atoms with Crippen LogP contribution in [0.3, 0.4) is 0 Å². The molecule has 0 radical (unpaired) electrons. The summed E-state index contributed by atoms with van der Waals surface area (Å²) >= 11 is 0. The van der Waals surface area contributed by atoms with E-state index < -0.39 is 12.1 Å². The smallest absolute Gasteiger partial charge is 0.334 e. The molecule has 4 nitrogen and oxygen atoms in total.